The zero-order chi connectivity index (χ0) is 15.2. The standard InChI is InChI=1S/C19H22N2O.ClH/c22-18(13-15-11-12-20-14-15)21-19(16-7-3-1-4-8-16)17-9-5-2-6-10-17;/h1-10,15,19-20H,11-14H2,(H,21,22);1H. The summed E-state index contributed by atoms with van der Waals surface area (Å²) in [6.45, 7) is 1.98. The summed E-state index contributed by atoms with van der Waals surface area (Å²) < 4.78 is 0. The Bertz CT molecular complexity index is 558. The number of hydrogen-bond acceptors (Lipinski definition) is 2. The van der Waals surface area contributed by atoms with E-state index in [4.69, 9.17) is 0 Å². The molecule has 0 saturated carbocycles. The quantitative estimate of drug-likeness (QED) is 0.883. The van der Waals surface area contributed by atoms with Crippen molar-refractivity contribution in [2.75, 3.05) is 13.1 Å². The molecule has 0 aromatic heterocycles. The van der Waals surface area contributed by atoms with E-state index >= 15 is 0 Å². The van der Waals surface area contributed by atoms with Gasteiger partial charge in [0.15, 0.2) is 0 Å². The molecular formula is C19H23ClN2O. The third-order valence-electron chi connectivity index (χ3n) is 4.21. The van der Waals surface area contributed by atoms with Crippen LogP contribution in [-0.4, -0.2) is 19.0 Å². The molecule has 1 amide bonds. The van der Waals surface area contributed by atoms with Crippen molar-refractivity contribution in [2.45, 2.75) is 18.9 Å². The van der Waals surface area contributed by atoms with E-state index < -0.39 is 0 Å². The van der Waals surface area contributed by atoms with Gasteiger partial charge in [-0.05, 0) is 36.6 Å². The van der Waals surface area contributed by atoms with Crippen LogP contribution in [0.4, 0.5) is 0 Å². The summed E-state index contributed by atoms with van der Waals surface area (Å²) >= 11 is 0. The summed E-state index contributed by atoms with van der Waals surface area (Å²) in [5, 5.41) is 6.52. The second-order valence-corrected chi connectivity index (χ2v) is 5.88. The number of hydrogen-bond donors (Lipinski definition) is 2. The van der Waals surface area contributed by atoms with Gasteiger partial charge in [-0.1, -0.05) is 60.7 Å². The minimum absolute atomic E-state index is 0. The first-order valence-corrected chi connectivity index (χ1v) is 7.93. The van der Waals surface area contributed by atoms with Gasteiger partial charge in [0.05, 0.1) is 6.04 Å². The lowest BCUT2D eigenvalue weighted by Crippen LogP contribution is -2.31. The van der Waals surface area contributed by atoms with Crippen molar-refractivity contribution >= 4 is 18.3 Å². The first-order chi connectivity index (χ1) is 10.8. The van der Waals surface area contributed by atoms with Crippen LogP contribution >= 0.6 is 12.4 Å². The summed E-state index contributed by atoms with van der Waals surface area (Å²) in [4.78, 5) is 12.4. The van der Waals surface area contributed by atoms with Crippen LogP contribution in [0, 0.1) is 5.92 Å². The highest BCUT2D eigenvalue weighted by Gasteiger charge is 2.21. The number of carbonyl (C=O) groups excluding carboxylic acids is 1. The molecule has 2 N–H and O–H groups in total. The van der Waals surface area contributed by atoms with Crippen molar-refractivity contribution < 1.29 is 4.79 Å². The molecule has 1 saturated heterocycles. The molecule has 4 heteroatoms. The van der Waals surface area contributed by atoms with Crippen LogP contribution in [0.15, 0.2) is 60.7 Å². The molecule has 23 heavy (non-hydrogen) atoms. The Morgan fingerprint density at radius 1 is 1.04 bits per heavy atom. The van der Waals surface area contributed by atoms with Gasteiger partial charge in [-0.2, -0.15) is 0 Å². The van der Waals surface area contributed by atoms with Crippen molar-refractivity contribution in [3.8, 4) is 0 Å². The topological polar surface area (TPSA) is 41.1 Å². The Hall–Kier alpha value is -1.84. The number of carbonyl (C=O) groups is 1. The first-order valence-electron chi connectivity index (χ1n) is 7.93. The predicted molar refractivity (Wildman–Crippen MR) is 95.7 cm³/mol. The minimum Gasteiger partial charge on any atom is -0.345 e. The number of amides is 1. The number of benzene rings is 2. The van der Waals surface area contributed by atoms with Crippen molar-refractivity contribution in [3.63, 3.8) is 0 Å². The van der Waals surface area contributed by atoms with Gasteiger partial charge in [0, 0.05) is 6.42 Å². The van der Waals surface area contributed by atoms with E-state index in [1.807, 2.05) is 36.4 Å². The minimum atomic E-state index is -0.0794. The van der Waals surface area contributed by atoms with Gasteiger partial charge >= 0.3 is 0 Å². The second-order valence-electron chi connectivity index (χ2n) is 5.88. The zero-order valence-corrected chi connectivity index (χ0v) is 13.9. The van der Waals surface area contributed by atoms with Crippen LogP contribution in [0.1, 0.15) is 30.0 Å². The highest BCUT2D eigenvalue weighted by atomic mass is 35.5. The van der Waals surface area contributed by atoms with Gasteiger partial charge in [0.2, 0.25) is 5.91 Å². The van der Waals surface area contributed by atoms with E-state index in [0.717, 1.165) is 30.6 Å². The van der Waals surface area contributed by atoms with Crippen LogP contribution in [0.2, 0.25) is 0 Å². The fourth-order valence-corrected chi connectivity index (χ4v) is 3.02. The van der Waals surface area contributed by atoms with Crippen molar-refractivity contribution in [2.24, 2.45) is 5.92 Å². The number of nitrogens with one attached hydrogen (secondary N) is 2. The average molecular weight is 331 g/mol. The molecule has 0 radical (unpaired) electrons. The van der Waals surface area contributed by atoms with Crippen molar-refractivity contribution in [1.29, 1.82) is 0 Å². The largest absolute Gasteiger partial charge is 0.345 e. The summed E-state index contributed by atoms with van der Waals surface area (Å²) in [5.74, 6) is 0.596. The molecule has 1 aliphatic heterocycles. The highest BCUT2D eigenvalue weighted by molar-refractivity contribution is 5.85. The number of rotatable bonds is 5. The maximum atomic E-state index is 12.4. The average Bonchev–Trinajstić information content (AvgIpc) is 3.07. The molecule has 1 heterocycles. The molecule has 3 nitrogen and oxygen atoms in total. The molecular weight excluding hydrogens is 308 g/mol. The third-order valence-corrected chi connectivity index (χ3v) is 4.21. The van der Waals surface area contributed by atoms with E-state index in [0.29, 0.717) is 12.3 Å². The molecule has 122 valence electrons. The van der Waals surface area contributed by atoms with Crippen LogP contribution in [0.3, 0.4) is 0 Å². The Morgan fingerprint density at radius 2 is 1.61 bits per heavy atom. The molecule has 0 spiro atoms. The first kappa shape index (κ1) is 17.5. The molecule has 1 fully saturated rings. The molecule has 3 rings (SSSR count). The van der Waals surface area contributed by atoms with Crippen LogP contribution in [0.25, 0.3) is 0 Å². The number of halogens is 1. The Kier molecular flexibility index (Phi) is 6.63. The summed E-state index contributed by atoms with van der Waals surface area (Å²) in [5.41, 5.74) is 2.23. The Labute approximate surface area is 143 Å². The summed E-state index contributed by atoms with van der Waals surface area (Å²) in [6, 6.07) is 20.2. The molecule has 0 bridgehead atoms. The normalized spacial score (nSPS) is 16.8. The van der Waals surface area contributed by atoms with E-state index in [1.165, 1.54) is 0 Å². The van der Waals surface area contributed by atoms with Crippen LogP contribution in [0.5, 0.6) is 0 Å². The predicted octanol–water partition coefficient (Wildman–Crippen LogP) is 3.31. The van der Waals surface area contributed by atoms with Gasteiger partial charge in [-0.3, -0.25) is 4.79 Å². The van der Waals surface area contributed by atoms with E-state index in [9.17, 15) is 4.79 Å². The molecule has 1 unspecified atom stereocenters. The Balaban J connectivity index is 0.00000192. The zero-order valence-electron chi connectivity index (χ0n) is 13.1. The fraction of sp³-hybridized carbons (Fsp3) is 0.316. The van der Waals surface area contributed by atoms with Gasteiger partial charge in [-0.15, -0.1) is 12.4 Å². The van der Waals surface area contributed by atoms with Gasteiger partial charge in [0.1, 0.15) is 0 Å². The summed E-state index contributed by atoms with van der Waals surface area (Å²) in [7, 11) is 0. The van der Waals surface area contributed by atoms with Gasteiger partial charge < -0.3 is 10.6 Å². The SMILES string of the molecule is Cl.O=C(CC1CCNC1)NC(c1ccccc1)c1ccccc1. The lowest BCUT2D eigenvalue weighted by Gasteiger charge is -2.21. The van der Waals surface area contributed by atoms with Crippen molar-refractivity contribution in [1.82, 2.24) is 10.6 Å². The fourth-order valence-electron chi connectivity index (χ4n) is 3.02. The smallest absolute Gasteiger partial charge is 0.221 e. The monoisotopic (exact) mass is 330 g/mol. The van der Waals surface area contributed by atoms with E-state index in [1.54, 1.807) is 0 Å². The molecule has 1 aliphatic rings. The van der Waals surface area contributed by atoms with Crippen molar-refractivity contribution in [3.05, 3.63) is 71.8 Å². The van der Waals surface area contributed by atoms with Gasteiger partial charge in [-0.25, -0.2) is 0 Å². The van der Waals surface area contributed by atoms with E-state index in [-0.39, 0.29) is 24.4 Å². The maximum Gasteiger partial charge on any atom is 0.221 e. The third kappa shape index (κ3) is 4.81. The second kappa shape index (κ2) is 8.70. The molecule has 0 aliphatic carbocycles. The molecule has 2 aromatic carbocycles. The molecule has 1 atom stereocenters. The molecule has 2 aromatic rings. The van der Waals surface area contributed by atoms with E-state index in [2.05, 4.69) is 34.9 Å². The van der Waals surface area contributed by atoms with Crippen LogP contribution in [-0.2, 0) is 4.79 Å². The lowest BCUT2D eigenvalue weighted by atomic mass is 9.97. The Morgan fingerprint density at radius 3 is 2.09 bits per heavy atom. The lowest BCUT2D eigenvalue weighted by molar-refractivity contribution is -0.122. The van der Waals surface area contributed by atoms with Crippen LogP contribution < -0.4 is 10.6 Å². The maximum absolute atomic E-state index is 12.4. The van der Waals surface area contributed by atoms with Gasteiger partial charge in [0.25, 0.3) is 0 Å². The summed E-state index contributed by atoms with van der Waals surface area (Å²) in [6.07, 6.45) is 1.69. The highest BCUT2D eigenvalue weighted by Crippen LogP contribution is 2.22.